The van der Waals surface area contributed by atoms with Gasteiger partial charge in [0.25, 0.3) is 5.91 Å². The molecule has 1 fully saturated rings. The zero-order valence-electron chi connectivity index (χ0n) is 19.7. The first-order chi connectivity index (χ1) is 18.0. The first-order valence-electron chi connectivity index (χ1n) is 11.2. The summed E-state index contributed by atoms with van der Waals surface area (Å²) in [6.07, 6.45) is 0. The fourth-order valence-corrected chi connectivity index (χ4v) is 5.85. The molecule has 1 amide bonds. The number of carbonyl (C=O) groups excluding carboxylic acids is 1. The summed E-state index contributed by atoms with van der Waals surface area (Å²) in [5.41, 5.74) is 5.62. The highest BCUT2D eigenvalue weighted by Gasteiger charge is 2.33. The quantitative estimate of drug-likeness (QED) is 0.335. The van der Waals surface area contributed by atoms with Gasteiger partial charge in [-0.2, -0.15) is 5.26 Å². The van der Waals surface area contributed by atoms with E-state index in [1.807, 2.05) is 6.07 Å². The van der Waals surface area contributed by atoms with E-state index in [1.54, 1.807) is 11.8 Å². The van der Waals surface area contributed by atoms with E-state index >= 15 is 4.39 Å². The summed E-state index contributed by atoms with van der Waals surface area (Å²) in [5.74, 6) is -4.12. The molecular formula is C25H18ClF3N6O2S. The van der Waals surface area contributed by atoms with Crippen molar-refractivity contribution >= 4 is 60.8 Å². The highest BCUT2D eigenvalue weighted by molar-refractivity contribution is 7.22. The summed E-state index contributed by atoms with van der Waals surface area (Å²) in [6.45, 7) is 5.12. The number of piperazine rings is 1. The van der Waals surface area contributed by atoms with Gasteiger partial charge >= 0.3 is 0 Å². The largest absolute Gasteiger partial charge is 0.492 e. The van der Waals surface area contributed by atoms with Crippen molar-refractivity contribution < 1.29 is 23.1 Å². The summed E-state index contributed by atoms with van der Waals surface area (Å²) in [5, 5.41) is 20.6. The van der Waals surface area contributed by atoms with E-state index in [0.29, 0.717) is 0 Å². The lowest BCUT2D eigenvalue weighted by Crippen LogP contribution is -2.54. The van der Waals surface area contributed by atoms with Crippen molar-refractivity contribution in [3.05, 3.63) is 52.8 Å². The van der Waals surface area contributed by atoms with Crippen LogP contribution in [-0.4, -0.2) is 51.6 Å². The van der Waals surface area contributed by atoms with Crippen LogP contribution >= 0.6 is 22.9 Å². The average molecular weight is 559 g/mol. The Morgan fingerprint density at radius 1 is 1.32 bits per heavy atom. The highest BCUT2D eigenvalue weighted by atomic mass is 35.5. The number of nitriles is 1. The van der Waals surface area contributed by atoms with Gasteiger partial charge in [-0.3, -0.25) is 4.79 Å². The Morgan fingerprint density at radius 2 is 2.05 bits per heavy atom. The number of aromatic hydroxyl groups is 1. The van der Waals surface area contributed by atoms with Crippen molar-refractivity contribution in [2.45, 2.75) is 13.0 Å². The van der Waals surface area contributed by atoms with Gasteiger partial charge in [0.1, 0.15) is 23.0 Å². The summed E-state index contributed by atoms with van der Waals surface area (Å²) in [4.78, 5) is 23.2. The van der Waals surface area contributed by atoms with E-state index in [1.165, 1.54) is 17.0 Å². The molecule has 1 aliphatic heterocycles. The predicted octanol–water partition coefficient (Wildman–Crippen LogP) is 5.12. The molecule has 2 aromatic carbocycles. The monoisotopic (exact) mass is 558 g/mol. The number of rotatable bonds is 3. The number of pyridine rings is 1. The number of aromatic nitrogens is 2. The molecule has 5 rings (SSSR count). The SMILES string of the molecule is C=C(F)C(=O)N1CCN(c2c(C#N)c(O)nc3c(F)c(-c4ccc(F)c5sc(N)nc45)c(Cl)cc23)C[C@H]1C. The number of nitrogens with zero attached hydrogens (tertiary/aromatic N) is 5. The molecule has 1 atom stereocenters. The molecule has 4 aromatic rings. The van der Waals surface area contributed by atoms with Gasteiger partial charge in [-0.15, -0.1) is 0 Å². The Morgan fingerprint density at radius 3 is 2.71 bits per heavy atom. The number of nitrogen functional groups attached to an aromatic ring is 1. The molecule has 13 heteroatoms. The number of nitrogens with two attached hydrogens (primary N) is 1. The maximum absolute atomic E-state index is 16.1. The molecule has 3 heterocycles. The van der Waals surface area contributed by atoms with Crippen LogP contribution in [0.15, 0.2) is 30.6 Å². The standard InChI is InChI=1S/C25H18ClF3N6O2S/c1-10-9-34(5-6-35(10)24(37)11(2)27)21-13-7-15(26)17(18(29)19(13)32-23(36)14(21)8-30)12-3-4-16(28)22-20(12)33-25(31)38-22/h3-4,7,10H,2,5-6,9H2,1H3,(H2,31,33)(H,32,36)/t10-/m1/s1. The van der Waals surface area contributed by atoms with Gasteiger partial charge in [0.05, 0.1) is 20.9 Å². The number of fused-ring (bicyclic) bond motifs is 2. The van der Waals surface area contributed by atoms with Crippen molar-refractivity contribution in [2.24, 2.45) is 0 Å². The third-order valence-corrected chi connectivity index (χ3v) is 7.65. The minimum atomic E-state index is -1.09. The Balaban J connectivity index is 1.70. The normalized spacial score (nSPS) is 15.7. The van der Waals surface area contributed by atoms with E-state index in [-0.39, 0.29) is 73.3 Å². The first kappa shape index (κ1) is 25.6. The number of hydrogen-bond donors (Lipinski definition) is 2. The van der Waals surface area contributed by atoms with Crippen LogP contribution in [0.1, 0.15) is 12.5 Å². The minimum Gasteiger partial charge on any atom is -0.492 e. The van der Waals surface area contributed by atoms with Gasteiger partial charge in [-0.25, -0.2) is 23.1 Å². The maximum Gasteiger partial charge on any atom is 0.282 e. The third-order valence-electron chi connectivity index (χ3n) is 6.46. The van der Waals surface area contributed by atoms with Crippen LogP contribution in [0.2, 0.25) is 5.02 Å². The van der Waals surface area contributed by atoms with Crippen LogP contribution in [0.25, 0.3) is 32.2 Å². The van der Waals surface area contributed by atoms with Crippen molar-refractivity contribution in [1.82, 2.24) is 14.9 Å². The van der Waals surface area contributed by atoms with Gasteiger partial charge in [-0.05, 0) is 25.1 Å². The fraction of sp³-hybridized carbons (Fsp3) is 0.200. The van der Waals surface area contributed by atoms with E-state index in [9.17, 15) is 23.9 Å². The van der Waals surface area contributed by atoms with Crippen molar-refractivity contribution in [1.29, 1.82) is 5.26 Å². The highest BCUT2D eigenvalue weighted by Crippen LogP contribution is 2.44. The van der Waals surface area contributed by atoms with E-state index in [2.05, 4.69) is 16.5 Å². The van der Waals surface area contributed by atoms with Crippen molar-refractivity contribution in [3.63, 3.8) is 0 Å². The number of thiazole rings is 1. The third kappa shape index (κ3) is 3.95. The molecule has 1 saturated heterocycles. The first-order valence-corrected chi connectivity index (χ1v) is 12.4. The van der Waals surface area contributed by atoms with Crippen LogP contribution in [0.5, 0.6) is 5.88 Å². The molecular weight excluding hydrogens is 541 g/mol. The van der Waals surface area contributed by atoms with Crippen molar-refractivity contribution in [3.8, 4) is 23.1 Å². The molecule has 3 N–H and O–H groups in total. The van der Waals surface area contributed by atoms with Crippen LogP contribution in [-0.2, 0) is 4.79 Å². The molecule has 8 nitrogen and oxygen atoms in total. The second-order valence-electron chi connectivity index (χ2n) is 8.74. The second-order valence-corrected chi connectivity index (χ2v) is 10.2. The Hall–Kier alpha value is -4.08. The molecule has 38 heavy (non-hydrogen) atoms. The molecule has 0 unspecified atom stereocenters. The van der Waals surface area contributed by atoms with Crippen LogP contribution in [0.4, 0.5) is 24.0 Å². The molecule has 1 aliphatic rings. The lowest BCUT2D eigenvalue weighted by atomic mass is 9.98. The van der Waals surface area contributed by atoms with Crippen molar-refractivity contribution in [2.75, 3.05) is 30.3 Å². The number of amides is 1. The van der Waals surface area contributed by atoms with E-state index in [0.717, 1.165) is 17.4 Å². The van der Waals surface area contributed by atoms with Crippen LogP contribution in [0, 0.1) is 23.0 Å². The number of anilines is 2. The van der Waals surface area contributed by atoms with E-state index in [4.69, 9.17) is 17.3 Å². The molecule has 0 spiro atoms. The van der Waals surface area contributed by atoms with E-state index < -0.39 is 35.3 Å². The smallest absolute Gasteiger partial charge is 0.282 e. The zero-order chi connectivity index (χ0) is 27.5. The zero-order valence-corrected chi connectivity index (χ0v) is 21.3. The van der Waals surface area contributed by atoms with Gasteiger partial charge < -0.3 is 20.6 Å². The molecule has 0 aliphatic carbocycles. The molecule has 0 radical (unpaired) electrons. The predicted molar refractivity (Wildman–Crippen MR) is 140 cm³/mol. The summed E-state index contributed by atoms with van der Waals surface area (Å²) >= 11 is 7.49. The number of benzene rings is 2. The maximum atomic E-state index is 16.1. The summed E-state index contributed by atoms with van der Waals surface area (Å²) < 4.78 is 44.1. The number of halogens is 4. The van der Waals surface area contributed by atoms with Gasteiger partial charge in [0, 0.05) is 42.2 Å². The molecule has 2 aromatic heterocycles. The van der Waals surface area contributed by atoms with Gasteiger partial charge in [0.15, 0.2) is 16.8 Å². The van der Waals surface area contributed by atoms with Gasteiger partial charge in [0.2, 0.25) is 5.88 Å². The lowest BCUT2D eigenvalue weighted by Gasteiger charge is -2.41. The fourth-order valence-electron chi connectivity index (χ4n) is 4.79. The Bertz CT molecular complexity index is 1720. The topological polar surface area (TPSA) is 119 Å². The van der Waals surface area contributed by atoms with Crippen LogP contribution < -0.4 is 10.6 Å². The number of hydrogen-bond acceptors (Lipinski definition) is 8. The lowest BCUT2D eigenvalue weighted by molar-refractivity contribution is -0.130. The summed E-state index contributed by atoms with van der Waals surface area (Å²) in [6, 6.07) is 5.29. The second kappa shape index (κ2) is 9.34. The van der Waals surface area contributed by atoms with Crippen LogP contribution in [0.3, 0.4) is 0 Å². The summed E-state index contributed by atoms with van der Waals surface area (Å²) in [7, 11) is 0. The van der Waals surface area contributed by atoms with Gasteiger partial charge in [-0.1, -0.05) is 29.5 Å². The molecule has 194 valence electrons. The average Bonchev–Trinajstić information content (AvgIpc) is 3.27. The Kier molecular flexibility index (Phi) is 6.28. The Labute approximate surface area is 223 Å². The minimum absolute atomic E-state index is 0.0669. The number of carbonyl (C=O) groups is 1. The molecule has 0 saturated carbocycles. The molecule has 0 bridgehead atoms.